The largest absolute Gasteiger partial charge is 0.484 e. The van der Waals surface area contributed by atoms with E-state index in [1.165, 1.54) is 5.56 Å². The van der Waals surface area contributed by atoms with E-state index < -0.39 is 0 Å². The number of halogens is 1. The van der Waals surface area contributed by atoms with E-state index in [1.54, 1.807) is 0 Å². The second-order valence-corrected chi connectivity index (χ2v) is 7.08. The van der Waals surface area contributed by atoms with Crippen LogP contribution in [0.15, 0.2) is 24.3 Å². The molecule has 0 aromatic heterocycles. The predicted octanol–water partition coefficient (Wildman–Crippen LogP) is 2.12. The number of nitrogens with zero attached hydrogens (tertiary/aromatic N) is 2. The Bertz CT molecular complexity index is 561. The van der Waals surface area contributed by atoms with Gasteiger partial charge in [0.1, 0.15) is 5.75 Å². The van der Waals surface area contributed by atoms with Gasteiger partial charge in [-0.1, -0.05) is 26.0 Å². The van der Waals surface area contributed by atoms with Gasteiger partial charge in [-0.2, -0.15) is 0 Å². The number of piperazine rings is 1. The number of likely N-dealkylation sites (tertiary alicyclic amines) is 1. The van der Waals surface area contributed by atoms with Gasteiger partial charge < -0.3 is 15.0 Å². The molecule has 140 valence electrons. The van der Waals surface area contributed by atoms with Crippen molar-refractivity contribution in [2.45, 2.75) is 32.2 Å². The Hall–Kier alpha value is -1.30. The fourth-order valence-electron chi connectivity index (χ4n) is 3.51. The molecular weight excluding hydrogens is 338 g/mol. The highest BCUT2D eigenvalue weighted by Gasteiger charge is 2.30. The van der Waals surface area contributed by atoms with E-state index in [0.29, 0.717) is 12.0 Å². The van der Waals surface area contributed by atoms with Crippen molar-refractivity contribution in [2.24, 2.45) is 0 Å². The van der Waals surface area contributed by atoms with Crippen LogP contribution in [0.5, 0.6) is 5.75 Å². The van der Waals surface area contributed by atoms with Crippen molar-refractivity contribution < 1.29 is 9.53 Å². The third-order valence-corrected chi connectivity index (χ3v) is 5.07. The zero-order valence-electron chi connectivity index (χ0n) is 15.2. The predicted molar refractivity (Wildman–Crippen MR) is 103 cm³/mol. The first-order valence-corrected chi connectivity index (χ1v) is 9.09. The van der Waals surface area contributed by atoms with Gasteiger partial charge in [-0.3, -0.25) is 9.69 Å². The maximum absolute atomic E-state index is 12.4. The lowest BCUT2D eigenvalue weighted by Crippen LogP contribution is -2.49. The molecule has 0 bridgehead atoms. The summed E-state index contributed by atoms with van der Waals surface area (Å²) >= 11 is 0. The molecule has 1 amide bonds. The van der Waals surface area contributed by atoms with Crippen molar-refractivity contribution in [1.82, 2.24) is 15.1 Å². The molecule has 5 nitrogen and oxygen atoms in total. The van der Waals surface area contributed by atoms with Gasteiger partial charge in [0, 0.05) is 45.3 Å². The van der Waals surface area contributed by atoms with Crippen LogP contribution >= 0.6 is 12.4 Å². The first kappa shape index (κ1) is 20.0. The van der Waals surface area contributed by atoms with Crippen LogP contribution in [0.4, 0.5) is 0 Å². The van der Waals surface area contributed by atoms with Crippen molar-refractivity contribution >= 4 is 18.3 Å². The molecule has 6 heteroatoms. The Morgan fingerprint density at radius 2 is 2.04 bits per heavy atom. The van der Waals surface area contributed by atoms with Gasteiger partial charge in [0.25, 0.3) is 5.91 Å². The van der Waals surface area contributed by atoms with E-state index in [1.807, 2.05) is 23.1 Å². The van der Waals surface area contributed by atoms with E-state index in [4.69, 9.17) is 4.74 Å². The lowest BCUT2D eigenvalue weighted by Gasteiger charge is -2.32. The molecule has 0 aliphatic carbocycles. The summed E-state index contributed by atoms with van der Waals surface area (Å²) < 4.78 is 5.74. The van der Waals surface area contributed by atoms with Crippen molar-refractivity contribution in [3.8, 4) is 5.75 Å². The third kappa shape index (κ3) is 5.33. The van der Waals surface area contributed by atoms with Crippen molar-refractivity contribution in [2.75, 3.05) is 45.9 Å². The van der Waals surface area contributed by atoms with Crippen LogP contribution in [0.25, 0.3) is 0 Å². The molecule has 2 fully saturated rings. The molecule has 2 aliphatic rings. The first-order chi connectivity index (χ1) is 11.6. The number of rotatable bonds is 5. The smallest absolute Gasteiger partial charge is 0.260 e. The van der Waals surface area contributed by atoms with E-state index in [9.17, 15) is 4.79 Å². The fraction of sp³-hybridized carbons (Fsp3) is 0.632. The number of amides is 1. The highest BCUT2D eigenvalue weighted by atomic mass is 35.5. The molecule has 2 heterocycles. The van der Waals surface area contributed by atoms with Gasteiger partial charge >= 0.3 is 0 Å². The highest BCUT2D eigenvalue weighted by molar-refractivity contribution is 5.85. The molecule has 0 radical (unpaired) electrons. The van der Waals surface area contributed by atoms with Crippen LogP contribution < -0.4 is 10.1 Å². The second-order valence-electron chi connectivity index (χ2n) is 7.08. The van der Waals surface area contributed by atoms with Crippen LogP contribution in [0.2, 0.25) is 0 Å². The Morgan fingerprint density at radius 3 is 2.76 bits per heavy atom. The molecule has 1 unspecified atom stereocenters. The van der Waals surface area contributed by atoms with E-state index in [2.05, 4.69) is 30.1 Å². The number of hydrogen-bond acceptors (Lipinski definition) is 4. The quantitative estimate of drug-likeness (QED) is 0.865. The average molecular weight is 368 g/mol. The maximum Gasteiger partial charge on any atom is 0.260 e. The molecular formula is C19H30ClN3O2. The zero-order chi connectivity index (χ0) is 16.9. The van der Waals surface area contributed by atoms with Crippen molar-refractivity contribution in [3.05, 3.63) is 29.8 Å². The van der Waals surface area contributed by atoms with Crippen LogP contribution in [-0.4, -0.2) is 67.6 Å². The zero-order valence-corrected chi connectivity index (χ0v) is 16.1. The standard InChI is InChI=1S/C19H29N3O2.ClH/c1-15(2)16-4-3-5-18(12-16)24-14-19(23)22-9-6-17(13-22)21-10-7-20-8-11-21;/h3-5,12,15,17,20H,6-11,13-14H2,1-2H3;1H. The Morgan fingerprint density at radius 1 is 1.28 bits per heavy atom. The SMILES string of the molecule is CC(C)c1cccc(OCC(=O)N2CCC(N3CCNCC3)C2)c1.Cl. The summed E-state index contributed by atoms with van der Waals surface area (Å²) in [5.41, 5.74) is 1.24. The van der Waals surface area contributed by atoms with Crippen molar-refractivity contribution in [3.63, 3.8) is 0 Å². The topological polar surface area (TPSA) is 44.8 Å². The number of benzene rings is 1. The minimum atomic E-state index is 0. The third-order valence-electron chi connectivity index (χ3n) is 5.07. The first-order valence-electron chi connectivity index (χ1n) is 9.09. The molecule has 25 heavy (non-hydrogen) atoms. The van der Waals surface area contributed by atoms with Crippen LogP contribution in [-0.2, 0) is 4.79 Å². The fourth-order valence-corrected chi connectivity index (χ4v) is 3.51. The number of nitrogens with one attached hydrogen (secondary N) is 1. The van der Waals surface area contributed by atoms with E-state index >= 15 is 0 Å². The molecule has 2 saturated heterocycles. The normalized spacial score (nSPS) is 21.2. The van der Waals surface area contributed by atoms with Gasteiger partial charge in [-0.25, -0.2) is 0 Å². The molecule has 1 aromatic rings. The number of carbonyl (C=O) groups is 1. The minimum absolute atomic E-state index is 0. The highest BCUT2D eigenvalue weighted by Crippen LogP contribution is 2.21. The summed E-state index contributed by atoms with van der Waals surface area (Å²) in [7, 11) is 0. The molecule has 0 saturated carbocycles. The molecule has 1 aromatic carbocycles. The van der Waals surface area contributed by atoms with Gasteiger partial charge in [-0.05, 0) is 30.0 Å². The van der Waals surface area contributed by atoms with Gasteiger partial charge in [0.05, 0.1) is 0 Å². The van der Waals surface area contributed by atoms with Crippen LogP contribution in [0, 0.1) is 0 Å². The maximum atomic E-state index is 12.4. The molecule has 1 atom stereocenters. The Balaban J connectivity index is 0.00000225. The summed E-state index contributed by atoms with van der Waals surface area (Å²) in [5.74, 6) is 1.35. The molecule has 2 aliphatic heterocycles. The molecule has 0 spiro atoms. The van der Waals surface area contributed by atoms with E-state index in [-0.39, 0.29) is 24.9 Å². The number of hydrogen-bond donors (Lipinski definition) is 1. The Kier molecular flexibility index (Phi) is 7.54. The van der Waals surface area contributed by atoms with E-state index in [0.717, 1.165) is 51.4 Å². The summed E-state index contributed by atoms with van der Waals surface area (Å²) in [6, 6.07) is 8.56. The van der Waals surface area contributed by atoms with Crippen LogP contribution in [0.3, 0.4) is 0 Å². The average Bonchev–Trinajstić information content (AvgIpc) is 3.11. The van der Waals surface area contributed by atoms with Crippen LogP contribution in [0.1, 0.15) is 31.7 Å². The van der Waals surface area contributed by atoms with Gasteiger partial charge in [-0.15, -0.1) is 12.4 Å². The second kappa shape index (κ2) is 9.41. The molecule has 1 N–H and O–H groups in total. The van der Waals surface area contributed by atoms with Gasteiger partial charge in [0.2, 0.25) is 0 Å². The minimum Gasteiger partial charge on any atom is -0.484 e. The Labute approximate surface area is 157 Å². The summed E-state index contributed by atoms with van der Waals surface area (Å²) in [6.07, 6.45) is 1.08. The lowest BCUT2D eigenvalue weighted by molar-refractivity contribution is -0.132. The van der Waals surface area contributed by atoms with Crippen molar-refractivity contribution in [1.29, 1.82) is 0 Å². The summed E-state index contributed by atoms with van der Waals surface area (Å²) in [5, 5.41) is 3.38. The monoisotopic (exact) mass is 367 g/mol. The number of carbonyl (C=O) groups excluding carboxylic acids is 1. The van der Waals surface area contributed by atoms with Gasteiger partial charge in [0.15, 0.2) is 6.61 Å². The molecule has 3 rings (SSSR count). The summed E-state index contributed by atoms with van der Waals surface area (Å²) in [4.78, 5) is 16.9. The number of ether oxygens (including phenoxy) is 1. The lowest BCUT2D eigenvalue weighted by atomic mass is 10.0. The summed E-state index contributed by atoms with van der Waals surface area (Å²) in [6.45, 7) is 10.4.